The van der Waals surface area contributed by atoms with E-state index in [1.165, 1.54) is 7.11 Å². The van der Waals surface area contributed by atoms with Gasteiger partial charge in [0.15, 0.2) is 37.2 Å². The van der Waals surface area contributed by atoms with Crippen molar-refractivity contribution in [2.75, 3.05) is 7.11 Å². The Morgan fingerprint density at radius 3 is 1.92 bits per heavy atom. The summed E-state index contributed by atoms with van der Waals surface area (Å²) in [6.45, 7) is 18.6. The molecule has 1 aliphatic heterocycles. The number of hydrogen-bond acceptors (Lipinski definition) is 7. The lowest BCUT2D eigenvalue weighted by Crippen LogP contribution is -2.52. The van der Waals surface area contributed by atoms with E-state index in [2.05, 4.69) is 44.4 Å². The predicted molar refractivity (Wildman–Crippen MR) is 110 cm³/mol. The Hall–Kier alpha value is -0.529. The van der Waals surface area contributed by atoms with Crippen LogP contribution in [0, 0.1) is 0 Å². The van der Waals surface area contributed by atoms with E-state index >= 15 is 0 Å². The van der Waals surface area contributed by atoms with Gasteiger partial charge in [-0.15, -0.1) is 0 Å². The van der Waals surface area contributed by atoms with Gasteiger partial charge in [-0.3, -0.25) is 0 Å². The van der Waals surface area contributed by atoms with Gasteiger partial charge in [-0.2, -0.15) is 0 Å². The number of oxime groups is 1. The lowest BCUT2D eigenvalue weighted by molar-refractivity contribution is -0.148. The molecular weight excluding hydrogens is 386 g/mol. The summed E-state index contributed by atoms with van der Waals surface area (Å²) < 4.78 is 24.4. The number of cyclic esters (lactones) is 1. The highest BCUT2D eigenvalue weighted by molar-refractivity contribution is 6.70. The van der Waals surface area contributed by atoms with Crippen LogP contribution >= 0.6 is 0 Å². The molecule has 7 nitrogen and oxygen atoms in total. The Balaban J connectivity index is 3.21. The van der Waals surface area contributed by atoms with Gasteiger partial charge in [-0.1, -0.05) is 5.16 Å². The van der Waals surface area contributed by atoms with Gasteiger partial charge >= 0.3 is 5.97 Å². The molecule has 0 aliphatic carbocycles. The largest absolute Gasteiger partial charge is 0.454 e. The van der Waals surface area contributed by atoms with Crippen molar-refractivity contribution in [3.05, 3.63) is 0 Å². The molecule has 0 aromatic carbocycles. The van der Waals surface area contributed by atoms with Crippen molar-refractivity contribution < 1.29 is 27.6 Å². The number of esters is 1. The molecule has 1 fully saturated rings. The van der Waals surface area contributed by atoms with E-state index in [1.54, 1.807) is 6.21 Å². The molecule has 1 rings (SSSR count). The topological polar surface area (TPSA) is 75.6 Å². The summed E-state index contributed by atoms with van der Waals surface area (Å²) in [5.41, 5.74) is 0. The summed E-state index contributed by atoms with van der Waals surface area (Å²) in [6.07, 6.45) is -0.857. The fraction of sp³-hybridized carbons (Fsp3) is 0.875. The van der Waals surface area contributed by atoms with Gasteiger partial charge in [0.2, 0.25) is 0 Å². The quantitative estimate of drug-likeness (QED) is 0.246. The molecule has 1 heterocycles. The SMILES string of the molecule is CON=CC(O[Si](C)(C)C)C1OC(=O)C(O[Si](C)(C)C)C1O[Si](C)(C)C. The molecule has 0 bridgehead atoms. The minimum absolute atomic E-state index is 0.393. The van der Waals surface area contributed by atoms with Crippen LogP contribution in [0.4, 0.5) is 0 Å². The molecular formula is C16H35NO6Si3. The van der Waals surface area contributed by atoms with E-state index in [4.69, 9.17) is 22.9 Å². The molecule has 0 radical (unpaired) electrons. The second-order valence-electron chi connectivity index (χ2n) is 9.38. The van der Waals surface area contributed by atoms with Gasteiger partial charge in [-0.05, 0) is 58.9 Å². The molecule has 152 valence electrons. The van der Waals surface area contributed by atoms with Crippen LogP contribution in [-0.4, -0.2) is 68.7 Å². The van der Waals surface area contributed by atoms with Crippen molar-refractivity contribution in [3.8, 4) is 0 Å². The molecule has 1 aliphatic rings. The molecule has 0 aromatic rings. The number of rotatable bonds is 9. The first-order valence-corrected chi connectivity index (χ1v) is 19.2. The Kier molecular flexibility index (Phi) is 7.82. The monoisotopic (exact) mass is 421 g/mol. The molecule has 0 spiro atoms. The summed E-state index contributed by atoms with van der Waals surface area (Å²) in [5, 5.41) is 3.86. The maximum Gasteiger partial charge on any atom is 0.337 e. The third-order valence-electron chi connectivity index (χ3n) is 3.20. The second kappa shape index (κ2) is 8.65. The predicted octanol–water partition coefficient (Wildman–Crippen LogP) is 3.20. The first-order chi connectivity index (χ1) is 11.6. The van der Waals surface area contributed by atoms with E-state index < -0.39 is 55.3 Å². The first kappa shape index (κ1) is 23.5. The number of nitrogens with zero attached hydrogens (tertiary/aromatic N) is 1. The van der Waals surface area contributed by atoms with Crippen LogP contribution in [0.3, 0.4) is 0 Å². The molecule has 0 N–H and O–H groups in total. The van der Waals surface area contributed by atoms with Gasteiger partial charge < -0.3 is 22.9 Å². The Morgan fingerprint density at radius 2 is 1.50 bits per heavy atom. The van der Waals surface area contributed by atoms with Crippen LogP contribution in [0.15, 0.2) is 5.16 Å². The molecule has 1 saturated heterocycles. The molecule has 0 saturated carbocycles. The first-order valence-electron chi connectivity index (χ1n) is 8.93. The normalized spacial score (nSPS) is 26.2. The number of carbonyl (C=O) groups is 1. The van der Waals surface area contributed by atoms with E-state index in [-0.39, 0.29) is 0 Å². The van der Waals surface area contributed by atoms with Gasteiger partial charge in [0.1, 0.15) is 19.3 Å². The summed E-state index contributed by atoms with van der Waals surface area (Å²) in [5.74, 6) is -0.393. The van der Waals surface area contributed by atoms with Crippen LogP contribution in [0.1, 0.15) is 0 Å². The average molecular weight is 422 g/mol. The zero-order valence-corrected chi connectivity index (χ0v) is 20.8. The van der Waals surface area contributed by atoms with Crippen molar-refractivity contribution in [2.24, 2.45) is 5.16 Å². The number of carbonyl (C=O) groups excluding carboxylic acids is 1. The highest BCUT2D eigenvalue weighted by atomic mass is 28.4. The lowest BCUT2D eigenvalue weighted by Gasteiger charge is -2.34. The summed E-state index contributed by atoms with van der Waals surface area (Å²) in [7, 11) is -4.40. The summed E-state index contributed by atoms with van der Waals surface area (Å²) in [4.78, 5) is 17.4. The molecule has 0 aromatic heterocycles. The maximum atomic E-state index is 12.6. The highest BCUT2D eigenvalue weighted by Gasteiger charge is 2.52. The van der Waals surface area contributed by atoms with Gasteiger partial charge in [0.25, 0.3) is 0 Å². The van der Waals surface area contributed by atoms with E-state index in [0.29, 0.717) is 0 Å². The fourth-order valence-electron chi connectivity index (χ4n) is 2.57. The van der Waals surface area contributed by atoms with Crippen LogP contribution in [-0.2, 0) is 27.6 Å². The standard InChI is InChI=1S/C16H35NO6Si3/c1-19-17-11-12(21-24(2,3)4)13-14(22-25(5,6)7)15(16(18)20-13)23-26(8,9)10/h11-15H,1-10H3. The highest BCUT2D eigenvalue weighted by Crippen LogP contribution is 2.31. The molecule has 26 heavy (non-hydrogen) atoms. The molecule has 4 unspecified atom stereocenters. The van der Waals surface area contributed by atoms with Crippen LogP contribution in [0.5, 0.6) is 0 Å². The van der Waals surface area contributed by atoms with Gasteiger partial charge in [0.05, 0.1) is 6.21 Å². The third kappa shape index (κ3) is 8.01. The van der Waals surface area contributed by atoms with E-state index in [0.717, 1.165) is 0 Å². The third-order valence-corrected chi connectivity index (χ3v) is 6.12. The minimum atomic E-state index is -1.97. The second-order valence-corrected chi connectivity index (χ2v) is 22.8. The Labute approximate surface area is 160 Å². The maximum absolute atomic E-state index is 12.6. The summed E-state index contributed by atoms with van der Waals surface area (Å²) >= 11 is 0. The van der Waals surface area contributed by atoms with Gasteiger partial charge in [-0.25, -0.2) is 4.79 Å². The lowest BCUT2D eigenvalue weighted by atomic mass is 10.1. The van der Waals surface area contributed by atoms with Crippen LogP contribution in [0.2, 0.25) is 58.9 Å². The Morgan fingerprint density at radius 1 is 0.962 bits per heavy atom. The fourth-order valence-corrected chi connectivity index (χ4v) is 5.65. The number of hydrogen-bond donors (Lipinski definition) is 0. The van der Waals surface area contributed by atoms with Crippen LogP contribution in [0.25, 0.3) is 0 Å². The van der Waals surface area contributed by atoms with Crippen molar-refractivity contribution in [1.82, 2.24) is 0 Å². The average Bonchev–Trinajstić information content (AvgIpc) is 2.67. The molecule has 10 heteroatoms. The van der Waals surface area contributed by atoms with Crippen molar-refractivity contribution in [3.63, 3.8) is 0 Å². The van der Waals surface area contributed by atoms with E-state index in [9.17, 15) is 4.79 Å². The van der Waals surface area contributed by atoms with Gasteiger partial charge in [0, 0.05) is 0 Å². The zero-order chi connectivity index (χ0) is 20.3. The van der Waals surface area contributed by atoms with Crippen molar-refractivity contribution in [1.29, 1.82) is 0 Å². The van der Waals surface area contributed by atoms with Crippen molar-refractivity contribution >= 4 is 37.1 Å². The van der Waals surface area contributed by atoms with Crippen molar-refractivity contribution in [2.45, 2.75) is 83.3 Å². The molecule has 0 amide bonds. The number of ether oxygens (including phenoxy) is 1. The zero-order valence-electron chi connectivity index (χ0n) is 17.8. The Bertz CT molecular complexity index is 510. The van der Waals surface area contributed by atoms with E-state index in [1.807, 2.05) is 19.6 Å². The van der Waals surface area contributed by atoms with Crippen LogP contribution < -0.4 is 0 Å². The minimum Gasteiger partial charge on any atom is -0.454 e. The molecule has 4 atom stereocenters. The summed E-state index contributed by atoms with van der Waals surface area (Å²) in [6, 6.07) is 0. The smallest absolute Gasteiger partial charge is 0.337 e.